The van der Waals surface area contributed by atoms with Crippen molar-refractivity contribution >= 4 is 42.3 Å². The number of aromatic nitrogens is 1. The van der Waals surface area contributed by atoms with Crippen molar-refractivity contribution in [2.24, 2.45) is 7.05 Å². The van der Waals surface area contributed by atoms with E-state index in [1.54, 1.807) is 0 Å². The molecule has 0 spiro atoms. The first-order valence-corrected chi connectivity index (χ1v) is 10.2. The summed E-state index contributed by atoms with van der Waals surface area (Å²) in [6, 6.07) is 20.0. The summed E-state index contributed by atoms with van der Waals surface area (Å²) in [5, 5.41) is 5.43. The molecule has 0 aliphatic heterocycles. The van der Waals surface area contributed by atoms with Crippen LogP contribution in [0.1, 0.15) is 16.7 Å². The van der Waals surface area contributed by atoms with Crippen molar-refractivity contribution in [2.75, 3.05) is 0 Å². The maximum atomic E-state index is 2.30. The maximum absolute atomic E-state index is 2.30. The number of aryl methyl sites for hydroxylation is 4. The first kappa shape index (κ1) is 16.5. The largest absolute Gasteiger partial charge is 0.230 e. The van der Waals surface area contributed by atoms with E-state index in [1.165, 1.54) is 58.9 Å². The quantitative estimate of drug-likeness (QED) is 0.293. The van der Waals surface area contributed by atoms with Gasteiger partial charge < -0.3 is 0 Å². The Morgan fingerprint density at radius 3 is 2.41 bits per heavy atom. The minimum atomic E-state index is 1.31. The van der Waals surface area contributed by atoms with Crippen molar-refractivity contribution in [2.45, 2.75) is 20.8 Å². The zero-order valence-corrected chi connectivity index (χ0v) is 16.9. The molecule has 132 valence electrons. The van der Waals surface area contributed by atoms with E-state index in [9.17, 15) is 0 Å². The minimum Gasteiger partial charge on any atom is -0.200 e. The van der Waals surface area contributed by atoms with Crippen molar-refractivity contribution in [3.05, 3.63) is 77.5 Å². The molecule has 0 atom stereocenters. The number of thiophene rings is 1. The Balaban J connectivity index is 1.98. The molecule has 3 aromatic carbocycles. The van der Waals surface area contributed by atoms with E-state index in [2.05, 4.69) is 93.2 Å². The fourth-order valence-electron chi connectivity index (χ4n) is 4.35. The highest BCUT2D eigenvalue weighted by atomic mass is 32.1. The fraction of sp³-hybridized carbons (Fsp3) is 0.160. The molecule has 0 bridgehead atoms. The number of hydrogen-bond donors (Lipinski definition) is 0. The average Bonchev–Trinajstić information content (AvgIpc) is 3.03. The summed E-state index contributed by atoms with van der Waals surface area (Å²) in [5.41, 5.74) is 6.62. The van der Waals surface area contributed by atoms with Gasteiger partial charge in [-0.05, 0) is 43.2 Å². The number of benzene rings is 3. The van der Waals surface area contributed by atoms with Gasteiger partial charge in [0.05, 0.1) is 5.56 Å². The van der Waals surface area contributed by atoms with Gasteiger partial charge in [-0.15, -0.1) is 11.3 Å². The Labute approximate surface area is 163 Å². The highest BCUT2D eigenvalue weighted by Gasteiger charge is 2.23. The first-order chi connectivity index (χ1) is 13.0. The molecule has 0 unspecified atom stereocenters. The number of hydrogen-bond acceptors (Lipinski definition) is 1. The third-order valence-electron chi connectivity index (χ3n) is 5.57. The van der Waals surface area contributed by atoms with Crippen LogP contribution in [-0.2, 0) is 7.05 Å². The third kappa shape index (κ3) is 2.40. The summed E-state index contributed by atoms with van der Waals surface area (Å²) >= 11 is 1.93. The molecule has 5 rings (SSSR count). The lowest BCUT2D eigenvalue weighted by Crippen LogP contribution is -2.31. The topological polar surface area (TPSA) is 3.88 Å². The molecule has 0 saturated heterocycles. The molecule has 0 saturated carbocycles. The van der Waals surface area contributed by atoms with Crippen LogP contribution in [0.5, 0.6) is 0 Å². The molecular weight excluding hydrogens is 346 g/mol. The molecule has 0 N–H and O–H groups in total. The SMILES string of the molecule is Cc1ccc(-c2c3sc4c5ccccc5ccc4c3c(C)c[n+]2C)c(C)c1. The summed E-state index contributed by atoms with van der Waals surface area (Å²) in [7, 11) is 2.17. The summed E-state index contributed by atoms with van der Waals surface area (Å²) in [4.78, 5) is 0. The summed E-state index contributed by atoms with van der Waals surface area (Å²) < 4.78 is 5.08. The van der Waals surface area contributed by atoms with E-state index in [0.29, 0.717) is 0 Å². The molecular formula is C25H22NS+. The Hall–Kier alpha value is -2.71. The second-order valence-corrected chi connectivity index (χ2v) is 8.58. The van der Waals surface area contributed by atoms with Gasteiger partial charge in [-0.2, -0.15) is 4.57 Å². The predicted octanol–water partition coefficient (Wildman–Crippen LogP) is 6.62. The van der Waals surface area contributed by atoms with Crippen LogP contribution in [0.15, 0.2) is 60.8 Å². The second-order valence-electron chi connectivity index (χ2n) is 7.56. The van der Waals surface area contributed by atoms with Gasteiger partial charge >= 0.3 is 0 Å². The monoisotopic (exact) mass is 368 g/mol. The molecule has 0 radical (unpaired) electrons. The van der Waals surface area contributed by atoms with Gasteiger partial charge in [-0.3, -0.25) is 0 Å². The molecule has 0 aliphatic rings. The van der Waals surface area contributed by atoms with E-state index < -0.39 is 0 Å². The van der Waals surface area contributed by atoms with Crippen LogP contribution in [0, 0.1) is 20.8 Å². The molecule has 0 fully saturated rings. The third-order valence-corrected chi connectivity index (χ3v) is 6.81. The summed E-state index contributed by atoms with van der Waals surface area (Å²) in [6.07, 6.45) is 2.28. The van der Waals surface area contributed by atoms with Crippen LogP contribution in [0.25, 0.3) is 42.2 Å². The number of pyridine rings is 1. The van der Waals surface area contributed by atoms with Crippen LogP contribution in [0.4, 0.5) is 0 Å². The first-order valence-electron chi connectivity index (χ1n) is 9.35. The van der Waals surface area contributed by atoms with Crippen molar-refractivity contribution in [3.8, 4) is 11.3 Å². The Morgan fingerprint density at radius 1 is 0.778 bits per heavy atom. The fourth-order valence-corrected chi connectivity index (χ4v) is 5.86. The van der Waals surface area contributed by atoms with Gasteiger partial charge in [0.1, 0.15) is 11.7 Å². The smallest absolute Gasteiger partial charge is 0.200 e. The lowest BCUT2D eigenvalue weighted by molar-refractivity contribution is -0.659. The standard InChI is InChI=1S/C25H22NS/c1-15-9-11-19(16(2)13-15)23-25-22(17(3)14-26(23)4)21-12-10-18-7-5-6-8-20(18)24(21)27-25/h5-14H,1-4H3/q+1. The lowest BCUT2D eigenvalue weighted by Gasteiger charge is -2.08. The molecule has 0 amide bonds. The van der Waals surface area contributed by atoms with E-state index >= 15 is 0 Å². The van der Waals surface area contributed by atoms with Gasteiger partial charge in [0.15, 0.2) is 6.20 Å². The van der Waals surface area contributed by atoms with Crippen molar-refractivity contribution < 1.29 is 4.57 Å². The van der Waals surface area contributed by atoms with E-state index in [1.807, 2.05) is 11.3 Å². The van der Waals surface area contributed by atoms with Gasteiger partial charge in [-0.1, -0.05) is 54.1 Å². The van der Waals surface area contributed by atoms with Crippen LogP contribution in [0.3, 0.4) is 0 Å². The van der Waals surface area contributed by atoms with Gasteiger partial charge in [0.2, 0.25) is 5.69 Å². The highest BCUT2D eigenvalue weighted by Crippen LogP contribution is 2.43. The highest BCUT2D eigenvalue weighted by molar-refractivity contribution is 7.27. The van der Waals surface area contributed by atoms with Crippen molar-refractivity contribution in [1.82, 2.24) is 0 Å². The van der Waals surface area contributed by atoms with Crippen LogP contribution in [-0.4, -0.2) is 0 Å². The Morgan fingerprint density at radius 2 is 1.59 bits per heavy atom. The number of rotatable bonds is 1. The Bertz CT molecular complexity index is 1360. The zero-order valence-electron chi connectivity index (χ0n) is 16.1. The van der Waals surface area contributed by atoms with E-state index in [0.717, 1.165) is 0 Å². The van der Waals surface area contributed by atoms with Crippen LogP contribution in [0.2, 0.25) is 0 Å². The van der Waals surface area contributed by atoms with Gasteiger partial charge in [-0.25, -0.2) is 0 Å². The van der Waals surface area contributed by atoms with E-state index in [4.69, 9.17) is 0 Å². The maximum Gasteiger partial charge on any atom is 0.230 e. The van der Waals surface area contributed by atoms with Crippen molar-refractivity contribution in [1.29, 1.82) is 0 Å². The summed E-state index contributed by atoms with van der Waals surface area (Å²) in [5.74, 6) is 0. The summed E-state index contributed by atoms with van der Waals surface area (Å²) in [6.45, 7) is 6.61. The molecule has 2 heterocycles. The molecule has 0 aliphatic carbocycles. The zero-order chi connectivity index (χ0) is 18.7. The average molecular weight is 369 g/mol. The Kier molecular flexibility index (Phi) is 3.60. The number of nitrogens with zero attached hydrogens (tertiary/aromatic N) is 1. The van der Waals surface area contributed by atoms with Crippen LogP contribution >= 0.6 is 11.3 Å². The second kappa shape index (κ2) is 5.90. The van der Waals surface area contributed by atoms with Gasteiger partial charge in [0.25, 0.3) is 0 Å². The molecule has 5 aromatic rings. The molecule has 2 aromatic heterocycles. The van der Waals surface area contributed by atoms with Crippen LogP contribution < -0.4 is 4.57 Å². The normalized spacial score (nSPS) is 11.7. The lowest BCUT2D eigenvalue weighted by atomic mass is 9.99. The number of fused-ring (bicyclic) bond motifs is 5. The predicted molar refractivity (Wildman–Crippen MR) is 118 cm³/mol. The molecule has 1 nitrogen and oxygen atoms in total. The van der Waals surface area contributed by atoms with Gasteiger partial charge in [0, 0.05) is 21.0 Å². The molecule has 27 heavy (non-hydrogen) atoms. The minimum absolute atomic E-state index is 1.31. The molecule has 2 heteroatoms. The van der Waals surface area contributed by atoms with E-state index in [-0.39, 0.29) is 0 Å². The van der Waals surface area contributed by atoms with Crippen molar-refractivity contribution in [3.63, 3.8) is 0 Å².